The Hall–Kier alpha value is -4.12. The van der Waals surface area contributed by atoms with E-state index in [0.29, 0.717) is 17.7 Å². The molecule has 5 rings (SSSR count). The van der Waals surface area contributed by atoms with Crippen molar-refractivity contribution in [1.29, 1.82) is 5.26 Å². The number of hydrogen-bond donors (Lipinski definition) is 2. The molecule has 1 heterocycles. The standard InChI is InChI=1S/C32H31N3O6S2Si/c1-34(20-22-9-13-26(14-10-22)42(36,37)38)24-11-15-27-29(19-33)28-16-12-25(18-32(28)44(3,4)31(27)17-24)35(2)21-23-7-5-6-8-30(23)43(39,40)41/h5-18H,20-21H2,1-4H3,(H-,36,37,38,39,40,41)/p+1. The van der Waals surface area contributed by atoms with Crippen LogP contribution in [0.1, 0.15) is 16.7 Å². The Morgan fingerprint density at radius 1 is 0.932 bits per heavy atom. The number of rotatable bonds is 7. The Morgan fingerprint density at radius 2 is 1.61 bits per heavy atom. The maximum Gasteiger partial charge on any atom is 0.294 e. The van der Waals surface area contributed by atoms with Gasteiger partial charge in [0, 0.05) is 37.0 Å². The average Bonchev–Trinajstić information content (AvgIpc) is 2.97. The van der Waals surface area contributed by atoms with E-state index in [2.05, 4.69) is 31.3 Å². The second-order valence-electron chi connectivity index (χ2n) is 11.5. The molecule has 0 fully saturated rings. The second-order valence-corrected chi connectivity index (χ2v) is 18.6. The van der Waals surface area contributed by atoms with Gasteiger partial charge in [-0.25, -0.2) is 4.58 Å². The maximum absolute atomic E-state index is 11.9. The normalized spacial score (nSPS) is 16.9. The molecule has 0 atom stereocenters. The highest BCUT2D eigenvalue weighted by Crippen LogP contribution is 2.39. The zero-order chi connectivity index (χ0) is 32.0. The van der Waals surface area contributed by atoms with Gasteiger partial charge in [-0.05, 0) is 63.5 Å². The third-order valence-corrected chi connectivity index (χ3v) is 13.5. The number of fused-ring (bicyclic) bond motifs is 2. The third kappa shape index (κ3) is 5.97. The van der Waals surface area contributed by atoms with Crippen molar-refractivity contribution >= 4 is 50.5 Å². The van der Waals surface area contributed by atoms with E-state index < -0.39 is 28.3 Å². The molecule has 0 aromatic heterocycles. The second kappa shape index (κ2) is 11.4. The number of allylic oxidation sites excluding steroid dienone is 6. The van der Waals surface area contributed by atoms with Crippen LogP contribution in [0.25, 0.3) is 5.57 Å². The summed E-state index contributed by atoms with van der Waals surface area (Å²) in [5.41, 5.74) is 5.55. The molecule has 12 heteroatoms. The first-order chi connectivity index (χ1) is 20.6. The molecule has 0 bridgehead atoms. The molecular formula is C32H32N3O6S2Si+. The SMILES string of the molecule is CN(Cc1ccccc1S(=O)(=O)O)c1ccc2c(c1)[Si](C)(C)C1=CC(=[N+](C)Cc3ccc(S(=O)(=O)O)cc3)C=CC1=C2C#N. The molecule has 0 spiro atoms. The molecule has 0 saturated carbocycles. The van der Waals surface area contributed by atoms with Crippen molar-refractivity contribution in [3.05, 3.63) is 112 Å². The zero-order valence-corrected chi connectivity index (χ0v) is 27.3. The van der Waals surface area contributed by atoms with Gasteiger partial charge in [-0.1, -0.05) is 49.5 Å². The zero-order valence-electron chi connectivity index (χ0n) is 24.7. The molecule has 44 heavy (non-hydrogen) atoms. The van der Waals surface area contributed by atoms with Gasteiger partial charge in [0.1, 0.15) is 21.2 Å². The molecular weight excluding hydrogens is 615 g/mol. The lowest BCUT2D eigenvalue weighted by molar-refractivity contribution is -0.512. The minimum Gasteiger partial charge on any atom is -0.370 e. The summed E-state index contributed by atoms with van der Waals surface area (Å²) in [5, 5.41) is 12.5. The molecule has 0 unspecified atom stereocenters. The lowest BCUT2D eigenvalue weighted by Crippen LogP contribution is -2.49. The van der Waals surface area contributed by atoms with E-state index in [1.54, 1.807) is 30.3 Å². The minimum absolute atomic E-state index is 0.125. The largest absolute Gasteiger partial charge is 0.370 e. The van der Waals surface area contributed by atoms with Crippen molar-refractivity contribution in [2.45, 2.75) is 36.0 Å². The quantitative estimate of drug-likeness (QED) is 0.220. The predicted molar refractivity (Wildman–Crippen MR) is 173 cm³/mol. The predicted octanol–water partition coefficient (Wildman–Crippen LogP) is 4.34. The molecule has 2 aliphatic rings. The molecule has 2 N–H and O–H groups in total. The van der Waals surface area contributed by atoms with Crippen LogP contribution in [0.5, 0.6) is 0 Å². The van der Waals surface area contributed by atoms with Gasteiger partial charge in [0.15, 0.2) is 12.3 Å². The van der Waals surface area contributed by atoms with E-state index in [4.69, 9.17) is 0 Å². The van der Waals surface area contributed by atoms with Crippen molar-refractivity contribution in [3.8, 4) is 6.07 Å². The van der Waals surface area contributed by atoms with Crippen LogP contribution in [0, 0.1) is 11.3 Å². The first-order valence-electron chi connectivity index (χ1n) is 13.7. The Labute approximate surface area is 258 Å². The van der Waals surface area contributed by atoms with Crippen molar-refractivity contribution in [1.82, 2.24) is 0 Å². The van der Waals surface area contributed by atoms with Crippen molar-refractivity contribution in [2.24, 2.45) is 0 Å². The summed E-state index contributed by atoms with van der Waals surface area (Å²) >= 11 is 0. The summed E-state index contributed by atoms with van der Waals surface area (Å²) in [7, 11) is -7.19. The summed E-state index contributed by atoms with van der Waals surface area (Å²) in [6.45, 7) is 5.24. The topological polar surface area (TPSA) is 139 Å². The van der Waals surface area contributed by atoms with E-state index >= 15 is 0 Å². The van der Waals surface area contributed by atoms with E-state index in [9.17, 15) is 31.2 Å². The summed E-state index contributed by atoms with van der Waals surface area (Å²) in [6.07, 6.45) is 6.10. The Morgan fingerprint density at radius 3 is 2.25 bits per heavy atom. The Kier molecular flexibility index (Phi) is 8.13. The summed E-state index contributed by atoms with van der Waals surface area (Å²) in [4.78, 5) is 1.64. The van der Waals surface area contributed by atoms with E-state index in [0.717, 1.165) is 38.5 Å². The van der Waals surface area contributed by atoms with Crippen molar-refractivity contribution < 1.29 is 30.5 Å². The molecule has 0 saturated heterocycles. The van der Waals surface area contributed by atoms with Gasteiger partial charge < -0.3 is 4.90 Å². The minimum atomic E-state index is -4.37. The molecule has 3 aromatic rings. The monoisotopic (exact) mass is 646 g/mol. The summed E-state index contributed by atoms with van der Waals surface area (Å²) in [5.74, 6) is 0. The molecule has 9 nitrogen and oxygen atoms in total. The van der Waals surface area contributed by atoms with Crippen LogP contribution in [0.3, 0.4) is 0 Å². The highest BCUT2D eigenvalue weighted by molar-refractivity contribution is 7.86. The molecule has 0 radical (unpaired) electrons. The van der Waals surface area contributed by atoms with Gasteiger partial charge in [0.25, 0.3) is 20.2 Å². The smallest absolute Gasteiger partial charge is 0.294 e. The van der Waals surface area contributed by atoms with Crippen LogP contribution in [0.2, 0.25) is 13.1 Å². The van der Waals surface area contributed by atoms with Crippen LogP contribution in [-0.2, 0) is 33.3 Å². The van der Waals surface area contributed by atoms with Crippen molar-refractivity contribution in [3.63, 3.8) is 0 Å². The number of nitriles is 1. The lowest BCUT2D eigenvalue weighted by Gasteiger charge is -2.36. The molecule has 0 amide bonds. The van der Waals surface area contributed by atoms with Crippen molar-refractivity contribution in [2.75, 3.05) is 19.0 Å². The first kappa shape index (κ1) is 31.3. The van der Waals surface area contributed by atoms with E-state index in [1.165, 1.54) is 18.2 Å². The van der Waals surface area contributed by atoms with Crippen LogP contribution in [-0.4, -0.2) is 58.4 Å². The fraction of sp³-hybridized carbons (Fsp3) is 0.188. The van der Waals surface area contributed by atoms with Gasteiger partial charge in [0.05, 0.1) is 15.4 Å². The van der Waals surface area contributed by atoms with Gasteiger partial charge in [-0.2, -0.15) is 22.1 Å². The van der Waals surface area contributed by atoms with Gasteiger partial charge >= 0.3 is 0 Å². The highest BCUT2D eigenvalue weighted by atomic mass is 32.2. The Balaban J connectivity index is 1.51. The first-order valence-corrected chi connectivity index (χ1v) is 19.6. The lowest BCUT2D eigenvalue weighted by atomic mass is 9.95. The van der Waals surface area contributed by atoms with Crippen LogP contribution in [0.4, 0.5) is 5.69 Å². The molecule has 3 aromatic carbocycles. The number of anilines is 1. The summed E-state index contributed by atoms with van der Waals surface area (Å²) < 4.78 is 67.7. The van der Waals surface area contributed by atoms with Crippen LogP contribution < -0.4 is 10.1 Å². The van der Waals surface area contributed by atoms with Gasteiger partial charge in [-0.15, -0.1) is 0 Å². The van der Waals surface area contributed by atoms with Crippen LogP contribution in [0.15, 0.2) is 106 Å². The molecule has 1 aliphatic carbocycles. The number of hydrogen-bond acceptors (Lipinski definition) is 6. The van der Waals surface area contributed by atoms with Gasteiger partial charge in [0.2, 0.25) is 0 Å². The molecule has 1 aliphatic heterocycles. The fourth-order valence-electron chi connectivity index (χ4n) is 5.79. The van der Waals surface area contributed by atoms with E-state index in [-0.39, 0.29) is 16.3 Å². The van der Waals surface area contributed by atoms with Gasteiger partial charge in [-0.3, -0.25) is 9.11 Å². The maximum atomic E-state index is 11.9. The average molecular weight is 647 g/mol. The molecule has 226 valence electrons. The Bertz CT molecular complexity index is 2070. The fourth-order valence-corrected chi connectivity index (χ4v) is 10.1. The third-order valence-electron chi connectivity index (χ3n) is 8.18. The number of benzene rings is 3. The van der Waals surface area contributed by atoms with Crippen LogP contribution >= 0.6 is 0 Å². The number of nitrogens with zero attached hydrogens (tertiary/aromatic N) is 3. The summed E-state index contributed by atoms with van der Waals surface area (Å²) in [6, 6.07) is 20.8. The highest BCUT2D eigenvalue weighted by Gasteiger charge is 2.40. The van der Waals surface area contributed by atoms with E-state index in [1.807, 2.05) is 47.9 Å².